The quantitative estimate of drug-likeness (QED) is 0.656. The molecule has 2 aromatic carbocycles. The smallest absolute Gasteiger partial charge is 0.321 e. The molecule has 6 nitrogen and oxygen atoms in total. The number of nitrogens with one attached hydrogen (secondary N) is 1. The molecule has 2 amide bonds. The maximum atomic E-state index is 12.8. The van der Waals surface area contributed by atoms with Gasteiger partial charge in [-0.2, -0.15) is 0 Å². The first-order valence-electron chi connectivity index (χ1n) is 11.2. The number of piperazine rings is 1. The number of hydrogen-bond acceptors (Lipinski definition) is 4. The Kier molecular flexibility index (Phi) is 6.40. The highest BCUT2D eigenvalue weighted by atomic mass is 16.2. The minimum Gasteiger partial charge on any atom is -0.353 e. The van der Waals surface area contributed by atoms with Gasteiger partial charge in [0.15, 0.2) is 0 Å². The molecule has 3 aromatic rings. The second kappa shape index (κ2) is 9.39. The normalized spacial score (nSPS) is 13.9. The average molecular weight is 430 g/mol. The molecule has 1 aliphatic rings. The summed E-state index contributed by atoms with van der Waals surface area (Å²) in [6.07, 6.45) is 0.801. The number of carbonyl (C=O) groups excluding carboxylic acids is 1. The Balaban J connectivity index is 1.45. The fourth-order valence-corrected chi connectivity index (χ4v) is 4.13. The van der Waals surface area contributed by atoms with Gasteiger partial charge in [0.25, 0.3) is 0 Å². The summed E-state index contributed by atoms with van der Waals surface area (Å²) in [5.41, 5.74) is 6.66. The van der Waals surface area contributed by atoms with E-state index in [1.165, 1.54) is 16.7 Å². The predicted octanol–water partition coefficient (Wildman–Crippen LogP) is 4.66. The van der Waals surface area contributed by atoms with Crippen LogP contribution in [0.2, 0.25) is 0 Å². The van der Waals surface area contributed by atoms with Crippen LogP contribution in [-0.4, -0.2) is 47.1 Å². The first kappa shape index (κ1) is 21.8. The minimum absolute atomic E-state index is 0.0486. The molecule has 32 heavy (non-hydrogen) atoms. The zero-order valence-electron chi connectivity index (χ0n) is 19.4. The lowest BCUT2D eigenvalue weighted by atomic mass is 10.0. The van der Waals surface area contributed by atoms with E-state index in [1.54, 1.807) is 0 Å². The summed E-state index contributed by atoms with van der Waals surface area (Å²) in [6, 6.07) is 16.4. The number of amides is 2. The van der Waals surface area contributed by atoms with E-state index in [4.69, 9.17) is 4.98 Å². The number of urea groups is 1. The Morgan fingerprint density at radius 2 is 1.62 bits per heavy atom. The molecule has 0 radical (unpaired) electrons. The van der Waals surface area contributed by atoms with Gasteiger partial charge in [-0.25, -0.2) is 14.8 Å². The molecule has 1 fully saturated rings. The Morgan fingerprint density at radius 1 is 0.906 bits per heavy atom. The Morgan fingerprint density at radius 3 is 2.31 bits per heavy atom. The van der Waals surface area contributed by atoms with Gasteiger partial charge in [0, 0.05) is 49.5 Å². The second-order valence-corrected chi connectivity index (χ2v) is 8.52. The molecule has 1 aliphatic heterocycles. The zero-order chi connectivity index (χ0) is 22.7. The second-order valence-electron chi connectivity index (χ2n) is 8.52. The third-order valence-electron chi connectivity index (χ3n) is 6.15. The Bertz CT molecular complexity index is 1100. The van der Waals surface area contributed by atoms with E-state index in [2.05, 4.69) is 60.2 Å². The maximum absolute atomic E-state index is 12.8. The largest absolute Gasteiger partial charge is 0.353 e. The molecule has 6 heteroatoms. The molecule has 1 N–H and O–H groups in total. The number of hydrogen-bond donors (Lipinski definition) is 1. The van der Waals surface area contributed by atoms with Crippen molar-refractivity contribution in [3.8, 4) is 0 Å². The van der Waals surface area contributed by atoms with E-state index in [-0.39, 0.29) is 6.03 Å². The number of aryl methyl sites for hydroxylation is 4. The third-order valence-corrected chi connectivity index (χ3v) is 6.15. The lowest BCUT2D eigenvalue weighted by Crippen LogP contribution is -2.50. The molecule has 1 aromatic heterocycles. The van der Waals surface area contributed by atoms with Crippen molar-refractivity contribution in [2.75, 3.05) is 36.4 Å². The van der Waals surface area contributed by atoms with Crippen molar-refractivity contribution < 1.29 is 4.79 Å². The van der Waals surface area contributed by atoms with Crippen LogP contribution in [0.5, 0.6) is 0 Å². The lowest BCUT2D eigenvalue weighted by molar-refractivity contribution is 0.208. The van der Waals surface area contributed by atoms with Crippen LogP contribution in [0, 0.1) is 27.7 Å². The van der Waals surface area contributed by atoms with Gasteiger partial charge in [-0.05, 0) is 56.5 Å². The van der Waals surface area contributed by atoms with Crippen LogP contribution in [0.3, 0.4) is 0 Å². The Hall–Kier alpha value is -3.41. The summed E-state index contributed by atoms with van der Waals surface area (Å²) in [4.78, 5) is 26.4. The van der Waals surface area contributed by atoms with Crippen LogP contribution in [0.1, 0.15) is 33.8 Å². The van der Waals surface area contributed by atoms with Crippen LogP contribution >= 0.6 is 0 Å². The average Bonchev–Trinajstić information content (AvgIpc) is 2.79. The van der Waals surface area contributed by atoms with Gasteiger partial charge in [0.1, 0.15) is 11.6 Å². The van der Waals surface area contributed by atoms with Crippen molar-refractivity contribution in [1.82, 2.24) is 14.9 Å². The molecule has 0 unspecified atom stereocenters. The van der Waals surface area contributed by atoms with Crippen molar-refractivity contribution in [3.63, 3.8) is 0 Å². The maximum Gasteiger partial charge on any atom is 0.321 e. The molecule has 0 aliphatic carbocycles. The minimum atomic E-state index is -0.0486. The van der Waals surface area contributed by atoms with Gasteiger partial charge in [0.05, 0.1) is 0 Å². The van der Waals surface area contributed by atoms with E-state index >= 15 is 0 Å². The van der Waals surface area contributed by atoms with Crippen molar-refractivity contribution in [2.45, 2.75) is 34.1 Å². The number of rotatable bonds is 4. The van der Waals surface area contributed by atoms with Crippen LogP contribution in [0.4, 0.5) is 16.3 Å². The van der Waals surface area contributed by atoms with E-state index in [1.807, 2.05) is 36.1 Å². The van der Waals surface area contributed by atoms with Gasteiger partial charge < -0.3 is 15.1 Å². The first-order valence-corrected chi connectivity index (χ1v) is 11.2. The molecule has 0 saturated carbocycles. The first-order chi connectivity index (χ1) is 15.4. The molecule has 0 spiro atoms. The van der Waals surface area contributed by atoms with Crippen LogP contribution < -0.4 is 10.2 Å². The number of anilines is 2. The van der Waals surface area contributed by atoms with Crippen LogP contribution in [-0.2, 0) is 6.42 Å². The van der Waals surface area contributed by atoms with Crippen LogP contribution in [0.15, 0.2) is 48.5 Å². The summed E-state index contributed by atoms with van der Waals surface area (Å²) in [6.45, 7) is 10.9. The van der Waals surface area contributed by atoms with Gasteiger partial charge in [-0.3, -0.25) is 0 Å². The van der Waals surface area contributed by atoms with Crippen molar-refractivity contribution in [2.24, 2.45) is 0 Å². The molecular weight excluding hydrogens is 398 g/mol. The number of nitrogens with zero attached hydrogens (tertiary/aromatic N) is 4. The molecule has 2 heterocycles. The van der Waals surface area contributed by atoms with Crippen molar-refractivity contribution in [1.29, 1.82) is 0 Å². The molecule has 0 bridgehead atoms. The van der Waals surface area contributed by atoms with Gasteiger partial charge in [-0.1, -0.05) is 36.4 Å². The number of aromatic nitrogens is 2. The van der Waals surface area contributed by atoms with Crippen LogP contribution in [0.25, 0.3) is 0 Å². The highest BCUT2D eigenvalue weighted by Gasteiger charge is 2.25. The van der Waals surface area contributed by atoms with E-state index in [9.17, 15) is 4.79 Å². The highest BCUT2D eigenvalue weighted by Crippen LogP contribution is 2.25. The number of carbonyl (C=O) groups is 1. The summed E-state index contributed by atoms with van der Waals surface area (Å²) >= 11 is 0. The Labute approximate surface area is 190 Å². The lowest BCUT2D eigenvalue weighted by Gasteiger charge is -2.36. The van der Waals surface area contributed by atoms with E-state index in [0.29, 0.717) is 13.1 Å². The summed E-state index contributed by atoms with van der Waals surface area (Å²) in [5.74, 6) is 1.78. The molecular formula is C26H31N5O. The van der Waals surface area contributed by atoms with Crippen molar-refractivity contribution >= 4 is 17.5 Å². The SMILES string of the molecule is Cc1nc(C)c(Cc2ccccc2)c(N2CCN(C(=O)Nc3ccc(C)c(C)c3)CC2)n1. The highest BCUT2D eigenvalue weighted by molar-refractivity contribution is 5.89. The standard InChI is InChI=1S/C26H31N5O/c1-18-10-11-23(16-19(18)2)29-26(32)31-14-12-30(13-15-31)25-24(20(3)27-21(4)28-25)17-22-8-6-5-7-9-22/h5-11,16H,12-15,17H2,1-4H3,(H,29,32). The monoisotopic (exact) mass is 429 g/mol. The third kappa shape index (κ3) is 4.90. The fraction of sp³-hybridized carbons (Fsp3) is 0.346. The summed E-state index contributed by atoms with van der Waals surface area (Å²) < 4.78 is 0. The number of benzene rings is 2. The predicted molar refractivity (Wildman–Crippen MR) is 129 cm³/mol. The van der Waals surface area contributed by atoms with E-state index < -0.39 is 0 Å². The zero-order valence-corrected chi connectivity index (χ0v) is 19.4. The van der Waals surface area contributed by atoms with Gasteiger partial charge in [-0.15, -0.1) is 0 Å². The topological polar surface area (TPSA) is 61.4 Å². The fourth-order valence-electron chi connectivity index (χ4n) is 4.13. The van der Waals surface area contributed by atoms with Gasteiger partial charge in [0.2, 0.25) is 0 Å². The molecule has 4 rings (SSSR count). The summed E-state index contributed by atoms with van der Waals surface area (Å²) in [7, 11) is 0. The van der Waals surface area contributed by atoms with Gasteiger partial charge >= 0.3 is 6.03 Å². The molecule has 1 saturated heterocycles. The summed E-state index contributed by atoms with van der Waals surface area (Å²) in [5, 5.41) is 3.04. The molecule has 166 valence electrons. The van der Waals surface area contributed by atoms with Crippen molar-refractivity contribution in [3.05, 3.63) is 82.3 Å². The molecule has 0 atom stereocenters. The van der Waals surface area contributed by atoms with E-state index in [0.717, 1.165) is 48.1 Å².